The maximum Gasteiger partial charge on any atom is 0.409 e. The molecule has 3 aliphatic rings. The van der Waals surface area contributed by atoms with E-state index in [4.69, 9.17) is 15.2 Å². The number of carbonyl (C=O) groups excluding carboxylic acids is 2. The molecule has 4 atom stereocenters. The first-order chi connectivity index (χ1) is 20.4. The van der Waals surface area contributed by atoms with Crippen LogP contribution >= 0.6 is 0 Å². The SMILES string of the molecule is CC.CCNC(=O)[C@H]1O[C@@H](n2cnc3c(N)nc(CCCC4CCN(C(=O)OCC5CCCC5)CC4)nc32)C(O)[C@H]1O. The number of anilines is 1. The van der Waals surface area contributed by atoms with Crippen molar-refractivity contribution in [3.63, 3.8) is 0 Å². The minimum Gasteiger partial charge on any atom is -0.449 e. The number of likely N-dealkylation sites (tertiary alicyclic amines) is 1. The lowest BCUT2D eigenvalue weighted by molar-refractivity contribution is -0.137. The van der Waals surface area contributed by atoms with Gasteiger partial charge in [0.05, 0.1) is 12.9 Å². The van der Waals surface area contributed by atoms with E-state index in [1.54, 1.807) is 6.92 Å². The van der Waals surface area contributed by atoms with E-state index in [-0.39, 0.29) is 11.9 Å². The summed E-state index contributed by atoms with van der Waals surface area (Å²) in [6.45, 7) is 8.12. The van der Waals surface area contributed by atoms with E-state index in [1.165, 1.54) is 23.7 Å². The zero-order valence-corrected chi connectivity index (χ0v) is 25.1. The van der Waals surface area contributed by atoms with Crippen molar-refractivity contribution < 1.29 is 29.3 Å². The Morgan fingerprint density at radius 3 is 2.50 bits per heavy atom. The number of aliphatic hydroxyl groups is 2. The molecular formula is C29H47N7O6. The van der Waals surface area contributed by atoms with Gasteiger partial charge >= 0.3 is 6.09 Å². The number of aryl methyl sites for hydroxylation is 1. The van der Waals surface area contributed by atoms with Crippen LogP contribution in [0.4, 0.5) is 10.6 Å². The summed E-state index contributed by atoms with van der Waals surface area (Å²) in [6.07, 6.45) is 5.38. The summed E-state index contributed by atoms with van der Waals surface area (Å²) < 4.78 is 12.8. The number of nitrogens with zero attached hydrogens (tertiary/aromatic N) is 5. The third kappa shape index (κ3) is 7.30. The number of fused-ring (bicyclic) bond motifs is 1. The summed E-state index contributed by atoms with van der Waals surface area (Å²) in [5.74, 6) is 1.31. The van der Waals surface area contributed by atoms with Crippen LogP contribution in [-0.4, -0.2) is 91.2 Å². The van der Waals surface area contributed by atoms with Crippen molar-refractivity contribution in [2.75, 3.05) is 32.0 Å². The first-order valence-corrected chi connectivity index (χ1v) is 15.6. The second-order valence-electron chi connectivity index (χ2n) is 11.2. The average Bonchev–Trinajstić information content (AvgIpc) is 3.74. The largest absolute Gasteiger partial charge is 0.449 e. The quantitative estimate of drug-likeness (QED) is 0.340. The van der Waals surface area contributed by atoms with Gasteiger partial charge in [-0.15, -0.1) is 0 Å². The van der Waals surface area contributed by atoms with Crippen molar-refractivity contribution in [1.29, 1.82) is 0 Å². The maximum absolute atomic E-state index is 12.4. The van der Waals surface area contributed by atoms with E-state index in [9.17, 15) is 19.8 Å². The van der Waals surface area contributed by atoms with Gasteiger partial charge in [-0.1, -0.05) is 26.7 Å². The van der Waals surface area contributed by atoms with Gasteiger partial charge in [-0.3, -0.25) is 9.36 Å². The lowest BCUT2D eigenvalue weighted by Gasteiger charge is -2.31. The van der Waals surface area contributed by atoms with E-state index < -0.39 is 30.4 Å². The number of ether oxygens (including phenoxy) is 2. The fraction of sp³-hybridized carbons (Fsp3) is 0.759. The molecule has 2 amide bonds. The monoisotopic (exact) mass is 589 g/mol. The smallest absolute Gasteiger partial charge is 0.409 e. The zero-order chi connectivity index (χ0) is 30.2. The number of likely N-dealkylation sites (N-methyl/N-ethyl adjacent to an activating group) is 1. The molecule has 0 bridgehead atoms. The van der Waals surface area contributed by atoms with Crippen LogP contribution in [0.3, 0.4) is 0 Å². The number of nitrogens with one attached hydrogen (secondary N) is 1. The van der Waals surface area contributed by atoms with Crippen LogP contribution in [0.5, 0.6) is 0 Å². The Hall–Kier alpha value is -3.03. The van der Waals surface area contributed by atoms with Crippen molar-refractivity contribution in [2.24, 2.45) is 11.8 Å². The number of imidazole rings is 1. The molecule has 4 heterocycles. The third-order valence-corrected chi connectivity index (χ3v) is 8.42. The van der Waals surface area contributed by atoms with E-state index in [0.717, 1.165) is 51.6 Å². The Balaban J connectivity index is 0.00000198. The lowest BCUT2D eigenvalue weighted by Crippen LogP contribution is -2.42. The molecule has 2 aromatic rings. The predicted octanol–water partition coefficient (Wildman–Crippen LogP) is 2.55. The normalized spacial score (nSPS) is 24.9. The lowest BCUT2D eigenvalue weighted by atomic mass is 9.91. The number of amides is 2. The molecule has 0 spiro atoms. The average molecular weight is 590 g/mol. The summed E-state index contributed by atoms with van der Waals surface area (Å²) in [6, 6.07) is 0. The van der Waals surface area contributed by atoms with Gasteiger partial charge in [-0.2, -0.15) is 0 Å². The fourth-order valence-electron chi connectivity index (χ4n) is 6.07. The van der Waals surface area contributed by atoms with E-state index in [1.807, 2.05) is 18.7 Å². The number of piperidine rings is 1. The highest BCUT2D eigenvalue weighted by atomic mass is 16.6. The van der Waals surface area contributed by atoms with Crippen LogP contribution < -0.4 is 11.1 Å². The Bertz CT molecular complexity index is 1180. The van der Waals surface area contributed by atoms with Crippen LogP contribution in [0.2, 0.25) is 0 Å². The molecule has 3 fully saturated rings. The van der Waals surface area contributed by atoms with Gasteiger partial charge < -0.3 is 35.6 Å². The highest BCUT2D eigenvalue weighted by molar-refractivity contribution is 5.83. The molecule has 42 heavy (non-hydrogen) atoms. The van der Waals surface area contributed by atoms with E-state index in [2.05, 4.69) is 20.3 Å². The molecule has 1 unspecified atom stereocenters. The van der Waals surface area contributed by atoms with Gasteiger partial charge in [0.25, 0.3) is 5.91 Å². The van der Waals surface area contributed by atoms with Crippen LogP contribution in [0.1, 0.15) is 84.2 Å². The molecule has 234 valence electrons. The second kappa shape index (κ2) is 14.9. The molecule has 5 rings (SSSR count). The highest BCUT2D eigenvalue weighted by Crippen LogP contribution is 2.33. The Morgan fingerprint density at radius 2 is 1.81 bits per heavy atom. The molecule has 2 saturated heterocycles. The molecule has 2 aromatic heterocycles. The van der Waals surface area contributed by atoms with Crippen molar-refractivity contribution in [1.82, 2.24) is 29.7 Å². The topological polar surface area (TPSA) is 178 Å². The molecule has 5 N–H and O–H groups in total. The predicted molar refractivity (Wildman–Crippen MR) is 156 cm³/mol. The van der Waals surface area contributed by atoms with Gasteiger partial charge in [0.2, 0.25) is 0 Å². The van der Waals surface area contributed by atoms with Crippen molar-refractivity contribution in [2.45, 2.75) is 103 Å². The molecule has 13 heteroatoms. The van der Waals surface area contributed by atoms with Crippen molar-refractivity contribution >= 4 is 29.0 Å². The Kier molecular flexibility index (Phi) is 11.3. The first kappa shape index (κ1) is 31.9. The molecular weight excluding hydrogens is 542 g/mol. The number of rotatable bonds is 9. The van der Waals surface area contributed by atoms with Crippen LogP contribution in [0.15, 0.2) is 6.33 Å². The van der Waals surface area contributed by atoms with Crippen LogP contribution in [-0.2, 0) is 20.7 Å². The third-order valence-electron chi connectivity index (χ3n) is 8.42. The minimum absolute atomic E-state index is 0.180. The number of hydrogen-bond donors (Lipinski definition) is 4. The number of aliphatic hydroxyl groups excluding tert-OH is 2. The van der Waals surface area contributed by atoms with Crippen molar-refractivity contribution in [3.8, 4) is 0 Å². The number of aromatic nitrogens is 4. The molecule has 2 aliphatic heterocycles. The number of carbonyl (C=O) groups is 2. The summed E-state index contributed by atoms with van der Waals surface area (Å²) in [7, 11) is 0. The molecule has 1 aliphatic carbocycles. The Labute approximate surface area is 247 Å². The van der Waals surface area contributed by atoms with Gasteiger partial charge in [0.15, 0.2) is 23.8 Å². The van der Waals surface area contributed by atoms with Crippen LogP contribution in [0.25, 0.3) is 11.2 Å². The molecule has 13 nitrogen and oxygen atoms in total. The molecule has 0 aromatic carbocycles. The number of nitrogens with two attached hydrogens (primary N) is 1. The summed E-state index contributed by atoms with van der Waals surface area (Å²) >= 11 is 0. The molecule has 1 saturated carbocycles. The van der Waals surface area contributed by atoms with Gasteiger partial charge in [-0.25, -0.2) is 19.7 Å². The van der Waals surface area contributed by atoms with Gasteiger partial charge in [0, 0.05) is 26.1 Å². The van der Waals surface area contributed by atoms with Crippen LogP contribution in [0, 0.1) is 11.8 Å². The van der Waals surface area contributed by atoms with E-state index in [0.29, 0.717) is 48.4 Å². The van der Waals surface area contributed by atoms with Crippen molar-refractivity contribution in [3.05, 3.63) is 12.2 Å². The Morgan fingerprint density at radius 1 is 1.10 bits per heavy atom. The number of nitrogen functional groups attached to an aromatic ring is 1. The fourth-order valence-corrected chi connectivity index (χ4v) is 6.07. The number of hydrogen-bond acceptors (Lipinski definition) is 10. The standard InChI is InChI=1S/C27H41N7O6.C2H6/c1-2-29-25(37)22-20(35)21(36)26(40-22)34-15-30-19-23(28)31-18(32-24(19)34)9-5-8-16-10-12-33(13-11-16)27(38)39-14-17-6-3-4-7-17;1-2/h15-17,20-22,26,35-36H,2-14H2,1H3,(H,29,37)(H2,28,31,32);1-2H3/t20-,21?,22+,26-;/m1./s1. The maximum atomic E-state index is 12.4. The van der Waals surface area contributed by atoms with E-state index >= 15 is 0 Å². The van der Waals surface area contributed by atoms with Gasteiger partial charge in [0.1, 0.15) is 23.5 Å². The minimum atomic E-state index is -1.40. The second-order valence-corrected chi connectivity index (χ2v) is 11.2. The van der Waals surface area contributed by atoms with Gasteiger partial charge in [-0.05, 0) is 57.3 Å². The summed E-state index contributed by atoms with van der Waals surface area (Å²) in [5.41, 5.74) is 6.91. The highest BCUT2D eigenvalue weighted by Gasteiger charge is 2.47. The zero-order valence-electron chi connectivity index (χ0n) is 25.1. The summed E-state index contributed by atoms with van der Waals surface area (Å²) in [5, 5.41) is 23.6. The molecule has 0 radical (unpaired) electrons. The summed E-state index contributed by atoms with van der Waals surface area (Å²) in [4.78, 5) is 39.9. The first-order valence-electron chi connectivity index (χ1n) is 15.6.